The number of nitrogens with zero attached hydrogens (tertiary/aromatic N) is 6. The molecule has 2 aliphatic rings. The quantitative estimate of drug-likeness (QED) is 0.520. The van der Waals surface area contributed by atoms with Crippen LogP contribution in [-0.2, 0) is 20.0 Å². The molecule has 3 aromatic rings. The van der Waals surface area contributed by atoms with Crippen molar-refractivity contribution in [2.45, 2.75) is 31.5 Å². The smallest absolute Gasteiger partial charge is 0.321 e. The van der Waals surface area contributed by atoms with Gasteiger partial charge in [-0.2, -0.15) is 5.10 Å². The van der Waals surface area contributed by atoms with Crippen LogP contribution in [0.15, 0.2) is 42.6 Å². The summed E-state index contributed by atoms with van der Waals surface area (Å²) < 4.78 is 1.81. The number of carbonyl (C=O) groups excluding carboxylic acids is 3. The van der Waals surface area contributed by atoms with Crippen LogP contribution in [0.4, 0.5) is 16.3 Å². The Balaban J connectivity index is 1.29. The Morgan fingerprint density at radius 1 is 1.03 bits per heavy atom. The van der Waals surface area contributed by atoms with E-state index in [1.165, 1.54) is 9.80 Å². The van der Waals surface area contributed by atoms with E-state index in [0.29, 0.717) is 23.5 Å². The number of urea groups is 1. The van der Waals surface area contributed by atoms with E-state index in [-0.39, 0.29) is 29.9 Å². The van der Waals surface area contributed by atoms with Gasteiger partial charge in [0.15, 0.2) is 5.69 Å². The van der Waals surface area contributed by atoms with Crippen molar-refractivity contribution in [1.82, 2.24) is 29.9 Å². The van der Waals surface area contributed by atoms with Crippen molar-refractivity contribution in [3.8, 4) is 0 Å². The van der Waals surface area contributed by atoms with Gasteiger partial charge in [0.05, 0.1) is 11.6 Å². The molecule has 1 aliphatic heterocycles. The average Bonchev–Trinajstić information content (AvgIpc) is 3.24. The molecule has 1 aromatic carbocycles. The van der Waals surface area contributed by atoms with Gasteiger partial charge in [0.25, 0.3) is 11.8 Å². The van der Waals surface area contributed by atoms with Crippen LogP contribution < -0.4 is 15.5 Å². The molecule has 0 radical (unpaired) electrons. The summed E-state index contributed by atoms with van der Waals surface area (Å²) in [5, 5.41) is 10.4. The van der Waals surface area contributed by atoms with Gasteiger partial charge in [0.1, 0.15) is 5.82 Å². The predicted molar refractivity (Wildman–Crippen MR) is 143 cm³/mol. The van der Waals surface area contributed by atoms with Crippen LogP contribution in [0.25, 0.3) is 0 Å². The van der Waals surface area contributed by atoms with Crippen LogP contribution in [0, 0.1) is 0 Å². The number of carbonyl (C=O) groups is 3. The largest absolute Gasteiger partial charge is 0.347 e. The molecule has 1 aliphatic carbocycles. The molecule has 2 N–H and O–H groups in total. The number of aryl methyl sites for hydroxylation is 1. The zero-order valence-electron chi connectivity index (χ0n) is 22.2. The number of amides is 4. The van der Waals surface area contributed by atoms with Crippen LogP contribution in [0.1, 0.15) is 50.1 Å². The molecule has 198 valence electrons. The van der Waals surface area contributed by atoms with Crippen LogP contribution in [0.5, 0.6) is 0 Å². The normalized spacial score (nSPS) is 17.2. The molecular weight excluding hydrogens is 484 g/mol. The minimum atomic E-state index is -0.225. The number of rotatable bonds is 6. The molecule has 1 saturated heterocycles. The molecule has 11 nitrogen and oxygen atoms in total. The first-order chi connectivity index (χ1) is 18.1. The Hall–Kier alpha value is -4.41. The SMILES string of the molecule is CN(C)C(=O)Nc1ccc(CNC(=O)c2nn(C)c3c2[C@H]2C[C@@H](C3)N2c2ccc(C(=O)N(C)C)cn2)cc1. The summed E-state index contributed by atoms with van der Waals surface area (Å²) in [5.74, 6) is 0.482. The molecule has 2 bridgehead atoms. The maximum atomic E-state index is 13.3. The lowest BCUT2D eigenvalue weighted by molar-refractivity contribution is 0.0826. The first-order valence-electron chi connectivity index (χ1n) is 12.5. The molecule has 0 saturated carbocycles. The molecule has 1 fully saturated rings. The van der Waals surface area contributed by atoms with Gasteiger partial charge in [-0.3, -0.25) is 14.3 Å². The van der Waals surface area contributed by atoms with Gasteiger partial charge in [-0.25, -0.2) is 9.78 Å². The van der Waals surface area contributed by atoms with E-state index in [0.717, 1.165) is 35.5 Å². The van der Waals surface area contributed by atoms with E-state index in [9.17, 15) is 14.4 Å². The third-order valence-electron chi connectivity index (χ3n) is 7.14. The van der Waals surface area contributed by atoms with Gasteiger partial charge in [0, 0.05) is 77.4 Å². The lowest BCUT2D eigenvalue weighted by atomic mass is 9.77. The van der Waals surface area contributed by atoms with Crippen molar-refractivity contribution < 1.29 is 14.4 Å². The summed E-state index contributed by atoms with van der Waals surface area (Å²) in [6.07, 6.45) is 3.32. The van der Waals surface area contributed by atoms with Gasteiger partial charge in [-0.15, -0.1) is 0 Å². The Kier molecular flexibility index (Phi) is 6.52. The Morgan fingerprint density at radius 3 is 2.39 bits per heavy atom. The van der Waals surface area contributed by atoms with Crippen molar-refractivity contribution in [2.24, 2.45) is 7.05 Å². The Morgan fingerprint density at radius 2 is 1.76 bits per heavy atom. The van der Waals surface area contributed by atoms with Gasteiger partial charge >= 0.3 is 6.03 Å². The first-order valence-corrected chi connectivity index (χ1v) is 12.5. The van der Waals surface area contributed by atoms with Gasteiger partial charge in [0.2, 0.25) is 0 Å². The molecule has 11 heteroatoms. The average molecular weight is 517 g/mol. The summed E-state index contributed by atoms with van der Waals surface area (Å²) in [4.78, 5) is 47.1. The summed E-state index contributed by atoms with van der Waals surface area (Å²) >= 11 is 0. The highest BCUT2D eigenvalue weighted by molar-refractivity contribution is 5.95. The second kappa shape index (κ2) is 9.81. The fourth-order valence-corrected chi connectivity index (χ4v) is 5.08. The van der Waals surface area contributed by atoms with E-state index in [1.54, 1.807) is 40.5 Å². The molecule has 0 spiro atoms. The summed E-state index contributed by atoms with van der Waals surface area (Å²) in [5.41, 5.74) is 4.60. The van der Waals surface area contributed by atoms with E-state index < -0.39 is 0 Å². The summed E-state index contributed by atoms with van der Waals surface area (Å²) in [6, 6.07) is 11.1. The number of aromatic nitrogens is 3. The predicted octanol–water partition coefficient (Wildman–Crippen LogP) is 2.42. The maximum Gasteiger partial charge on any atom is 0.321 e. The summed E-state index contributed by atoms with van der Waals surface area (Å²) in [7, 11) is 8.67. The summed E-state index contributed by atoms with van der Waals surface area (Å²) in [6.45, 7) is 0.339. The van der Waals surface area contributed by atoms with Crippen molar-refractivity contribution in [3.05, 3.63) is 70.7 Å². The monoisotopic (exact) mass is 516 g/mol. The van der Waals surface area contributed by atoms with Crippen molar-refractivity contribution in [1.29, 1.82) is 0 Å². The first kappa shape index (κ1) is 25.2. The number of nitrogens with one attached hydrogen (secondary N) is 2. The number of anilines is 2. The molecule has 2 aromatic heterocycles. The second-order valence-electron chi connectivity index (χ2n) is 10.2. The van der Waals surface area contributed by atoms with Gasteiger partial charge < -0.3 is 25.3 Å². The minimum Gasteiger partial charge on any atom is -0.347 e. The number of hydrogen-bond acceptors (Lipinski definition) is 6. The number of fused-ring (bicyclic) bond motifs is 4. The zero-order chi connectivity index (χ0) is 27.1. The topological polar surface area (TPSA) is 116 Å². The third-order valence-corrected chi connectivity index (χ3v) is 7.14. The van der Waals surface area contributed by atoms with E-state index in [2.05, 4.69) is 25.6 Å². The fraction of sp³-hybridized carbons (Fsp3) is 0.370. The van der Waals surface area contributed by atoms with E-state index >= 15 is 0 Å². The highest BCUT2D eigenvalue weighted by Gasteiger charge is 2.49. The third kappa shape index (κ3) is 4.55. The van der Waals surface area contributed by atoms with Crippen molar-refractivity contribution in [3.63, 3.8) is 0 Å². The number of pyridine rings is 1. The highest BCUT2D eigenvalue weighted by atomic mass is 16.2. The number of hydrogen-bond donors (Lipinski definition) is 2. The van der Waals surface area contributed by atoms with Crippen LogP contribution in [0.2, 0.25) is 0 Å². The van der Waals surface area contributed by atoms with Gasteiger partial charge in [-0.1, -0.05) is 12.1 Å². The standard InChI is InChI=1S/C27H32N8O3/c1-32(2)26(37)17-8-11-22(28-15-17)35-19-12-20-23(21(35)13-19)24(31-34(20)5)25(36)29-14-16-6-9-18(10-7-16)30-27(38)33(3)4/h6-11,15,19,21H,12-14H2,1-5H3,(H,29,36)(H,30,38)/t19-,21-/m1/s1. The van der Waals surface area contributed by atoms with Crippen LogP contribution in [-0.4, -0.2) is 76.6 Å². The van der Waals surface area contributed by atoms with E-state index in [4.69, 9.17) is 0 Å². The zero-order valence-corrected chi connectivity index (χ0v) is 22.2. The lowest BCUT2D eigenvalue weighted by Crippen LogP contribution is -2.56. The van der Waals surface area contributed by atoms with E-state index in [1.807, 2.05) is 42.1 Å². The van der Waals surface area contributed by atoms with Crippen LogP contribution in [0.3, 0.4) is 0 Å². The maximum absolute atomic E-state index is 13.3. The molecular formula is C27H32N8O3. The van der Waals surface area contributed by atoms with Crippen molar-refractivity contribution in [2.75, 3.05) is 38.4 Å². The molecule has 5 rings (SSSR count). The lowest BCUT2D eigenvalue weighted by Gasteiger charge is -2.53. The van der Waals surface area contributed by atoms with Gasteiger partial charge in [-0.05, 0) is 36.2 Å². The minimum absolute atomic E-state index is 0.0145. The Bertz CT molecular complexity index is 1380. The highest BCUT2D eigenvalue weighted by Crippen LogP contribution is 2.49. The fourth-order valence-electron chi connectivity index (χ4n) is 5.08. The second-order valence-corrected chi connectivity index (χ2v) is 10.2. The Labute approximate surface area is 221 Å². The molecule has 2 atom stereocenters. The molecule has 0 unspecified atom stereocenters. The van der Waals surface area contributed by atoms with Crippen molar-refractivity contribution >= 4 is 29.4 Å². The molecule has 3 heterocycles. The number of benzene rings is 1. The molecule has 4 amide bonds. The van der Waals surface area contributed by atoms with Crippen LogP contribution >= 0.6 is 0 Å². The molecule has 38 heavy (non-hydrogen) atoms.